The van der Waals surface area contributed by atoms with Gasteiger partial charge in [0.05, 0.1) is 17.8 Å². The van der Waals surface area contributed by atoms with Gasteiger partial charge in [-0.2, -0.15) is 0 Å². The van der Waals surface area contributed by atoms with E-state index in [-0.39, 0.29) is 5.91 Å². The maximum absolute atomic E-state index is 12.4. The third-order valence-corrected chi connectivity index (χ3v) is 4.61. The van der Waals surface area contributed by atoms with E-state index in [4.69, 9.17) is 0 Å². The summed E-state index contributed by atoms with van der Waals surface area (Å²) < 4.78 is 3.16. The molecule has 118 valence electrons. The zero-order valence-electron chi connectivity index (χ0n) is 13.4. The van der Waals surface area contributed by atoms with Crippen molar-refractivity contribution in [3.8, 4) is 0 Å². The Labute approximate surface area is 149 Å². The van der Waals surface area contributed by atoms with Gasteiger partial charge in [-0.15, -0.1) is 0 Å². The first-order chi connectivity index (χ1) is 11.0. The molecule has 0 saturated heterocycles. The molecule has 0 unspecified atom stereocenters. The lowest BCUT2D eigenvalue weighted by Crippen LogP contribution is -2.16. The number of anilines is 1. The molecule has 2 heterocycles. The van der Waals surface area contributed by atoms with Crippen LogP contribution in [0.3, 0.4) is 0 Å². The van der Waals surface area contributed by atoms with E-state index in [1.54, 1.807) is 0 Å². The fourth-order valence-electron chi connectivity index (χ4n) is 2.69. The number of benzene rings is 1. The lowest BCUT2D eigenvalue weighted by Gasteiger charge is -2.09. The molecule has 4 nitrogen and oxygen atoms in total. The van der Waals surface area contributed by atoms with Gasteiger partial charge in [0.1, 0.15) is 5.65 Å². The SMILES string of the molecule is Cc1cc(I)ccc1NC(=O)Cc1c(C)nc2c(C)cccn12. The predicted molar refractivity (Wildman–Crippen MR) is 101 cm³/mol. The summed E-state index contributed by atoms with van der Waals surface area (Å²) in [6.45, 7) is 5.98. The molecule has 3 rings (SSSR count). The van der Waals surface area contributed by atoms with Crippen molar-refractivity contribution in [2.24, 2.45) is 0 Å². The molecular formula is C18H18IN3O. The average molecular weight is 419 g/mol. The van der Waals surface area contributed by atoms with Gasteiger partial charge in [0.15, 0.2) is 0 Å². The normalized spacial score (nSPS) is 11.0. The van der Waals surface area contributed by atoms with E-state index in [9.17, 15) is 4.79 Å². The Morgan fingerprint density at radius 2 is 2.00 bits per heavy atom. The second kappa shape index (κ2) is 6.31. The van der Waals surface area contributed by atoms with Gasteiger partial charge in [0, 0.05) is 15.5 Å². The van der Waals surface area contributed by atoms with E-state index >= 15 is 0 Å². The largest absolute Gasteiger partial charge is 0.326 e. The Morgan fingerprint density at radius 3 is 2.74 bits per heavy atom. The Balaban J connectivity index is 1.86. The minimum Gasteiger partial charge on any atom is -0.326 e. The highest BCUT2D eigenvalue weighted by Crippen LogP contribution is 2.19. The van der Waals surface area contributed by atoms with Gasteiger partial charge in [-0.1, -0.05) is 6.07 Å². The summed E-state index contributed by atoms with van der Waals surface area (Å²) in [4.78, 5) is 17.0. The van der Waals surface area contributed by atoms with Crippen LogP contribution in [0.4, 0.5) is 5.69 Å². The number of aromatic nitrogens is 2. The Bertz CT molecular complexity index is 899. The van der Waals surface area contributed by atoms with Crippen molar-refractivity contribution in [2.75, 3.05) is 5.32 Å². The Kier molecular flexibility index (Phi) is 4.39. The van der Waals surface area contributed by atoms with Crippen molar-refractivity contribution in [3.05, 3.63) is 62.6 Å². The van der Waals surface area contributed by atoms with Crippen molar-refractivity contribution in [2.45, 2.75) is 27.2 Å². The first-order valence-electron chi connectivity index (χ1n) is 7.45. The van der Waals surface area contributed by atoms with E-state index in [2.05, 4.69) is 39.0 Å². The van der Waals surface area contributed by atoms with E-state index in [1.165, 1.54) is 0 Å². The molecule has 0 fully saturated rings. The van der Waals surface area contributed by atoms with Gasteiger partial charge in [-0.05, 0) is 78.8 Å². The maximum Gasteiger partial charge on any atom is 0.230 e. The lowest BCUT2D eigenvalue weighted by molar-refractivity contribution is -0.115. The van der Waals surface area contributed by atoms with Crippen molar-refractivity contribution in [3.63, 3.8) is 0 Å². The summed E-state index contributed by atoms with van der Waals surface area (Å²) in [7, 11) is 0. The number of nitrogens with zero attached hydrogens (tertiary/aromatic N) is 2. The highest BCUT2D eigenvalue weighted by atomic mass is 127. The van der Waals surface area contributed by atoms with Gasteiger partial charge in [0.25, 0.3) is 0 Å². The molecule has 1 N–H and O–H groups in total. The zero-order valence-corrected chi connectivity index (χ0v) is 15.5. The van der Waals surface area contributed by atoms with Crippen LogP contribution < -0.4 is 5.32 Å². The number of imidazole rings is 1. The average Bonchev–Trinajstić information content (AvgIpc) is 2.80. The molecule has 0 saturated carbocycles. The minimum absolute atomic E-state index is 0.0271. The third-order valence-electron chi connectivity index (χ3n) is 3.93. The summed E-state index contributed by atoms with van der Waals surface area (Å²) in [5.74, 6) is -0.0271. The van der Waals surface area contributed by atoms with Crippen LogP contribution in [0.5, 0.6) is 0 Å². The highest BCUT2D eigenvalue weighted by molar-refractivity contribution is 14.1. The second-order valence-electron chi connectivity index (χ2n) is 5.71. The van der Waals surface area contributed by atoms with Crippen LogP contribution in [0.25, 0.3) is 5.65 Å². The lowest BCUT2D eigenvalue weighted by atomic mass is 10.2. The first kappa shape index (κ1) is 16.0. The molecule has 3 aromatic rings. The van der Waals surface area contributed by atoms with E-state index < -0.39 is 0 Å². The number of fused-ring (bicyclic) bond motifs is 1. The quantitative estimate of drug-likeness (QED) is 0.652. The van der Waals surface area contributed by atoms with Crippen LogP contribution in [0.1, 0.15) is 22.5 Å². The molecule has 23 heavy (non-hydrogen) atoms. The van der Waals surface area contributed by atoms with E-state index in [0.29, 0.717) is 6.42 Å². The molecule has 0 atom stereocenters. The molecule has 0 radical (unpaired) electrons. The Morgan fingerprint density at radius 1 is 1.22 bits per heavy atom. The third kappa shape index (κ3) is 3.24. The minimum atomic E-state index is -0.0271. The number of aryl methyl sites for hydroxylation is 3. The van der Waals surface area contributed by atoms with Crippen molar-refractivity contribution >= 4 is 39.8 Å². The van der Waals surface area contributed by atoms with E-state index in [1.807, 2.05) is 55.6 Å². The number of rotatable bonds is 3. The number of hydrogen-bond acceptors (Lipinski definition) is 2. The Hall–Kier alpha value is -1.89. The summed E-state index contributed by atoms with van der Waals surface area (Å²) in [5, 5.41) is 3.00. The van der Waals surface area contributed by atoms with E-state index in [0.717, 1.165) is 37.4 Å². The maximum atomic E-state index is 12.4. The predicted octanol–water partition coefficient (Wildman–Crippen LogP) is 4.05. The number of hydrogen-bond donors (Lipinski definition) is 1. The second-order valence-corrected chi connectivity index (χ2v) is 6.96. The van der Waals surface area contributed by atoms with Crippen molar-refractivity contribution in [1.82, 2.24) is 9.38 Å². The van der Waals surface area contributed by atoms with Crippen LogP contribution >= 0.6 is 22.6 Å². The monoisotopic (exact) mass is 419 g/mol. The molecule has 2 aromatic heterocycles. The zero-order chi connectivity index (χ0) is 16.6. The molecule has 0 aliphatic carbocycles. The molecule has 1 amide bonds. The molecule has 0 aliphatic rings. The topological polar surface area (TPSA) is 46.4 Å². The van der Waals surface area contributed by atoms with Crippen LogP contribution in [0, 0.1) is 24.3 Å². The summed E-state index contributed by atoms with van der Waals surface area (Å²) >= 11 is 2.27. The highest BCUT2D eigenvalue weighted by Gasteiger charge is 2.14. The number of pyridine rings is 1. The number of nitrogens with one attached hydrogen (secondary N) is 1. The number of carbonyl (C=O) groups excluding carboxylic acids is 1. The summed E-state index contributed by atoms with van der Waals surface area (Å²) in [6, 6.07) is 10.0. The van der Waals surface area contributed by atoms with Gasteiger partial charge in [-0.3, -0.25) is 4.79 Å². The van der Waals surface area contributed by atoms with Gasteiger partial charge in [-0.25, -0.2) is 4.98 Å². The summed E-state index contributed by atoms with van der Waals surface area (Å²) in [5.41, 5.74) is 5.78. The van der Waals surface area contributed by atoms with Crippen molar-refractivity contribution in [1.29, 1.82) is 0 Å². The van der Waals surface area contributed by atoms with Crippen LogP contribution in [-0.2, 0) is 11.2 Å². The van der Waals surface area contributed by atoms with Crippen LogP contribution in [0.2, 0.25) is 0 Å². The fraction of sp³-hybridized carbons (Fsp3) is 0.222. The molecule has 0 aliphatic heterocycles. The van der Waals surface area contributed by atoms with Crippen LogP contribution in [0.15, 0.2) is 36.5 Å². The first-order valence-corrected chi connectivity index (χ1v) is 8.52. The van der Waals surface area contributed by atoms with Gasteiger partial charge in [0.2, 0.25) is 5.91 Å². The molecular weight excluding hydrogens is 401 g/mol. The molecule has 0 spiro atoms. The smallest absolute Gasteiger partial charge is 0.230 e. The molecule has 5 heteroatoms. The van der Waals surface area contributed by atoms with Gasteiger partial charge < -0.3 is 9.72 Å². The van der Waals surface area contributed by atoms with Gasteiger partial charge >= 0.3 is 0 Å². The number of carbonyl (C=O) groups is 1. The standard InChI is InChI=1S/C18H18IN3O/c1-11-5-4-8-22-16(13(3)20-18(11)22)10-17(23)21-15-7-6-14(19)9-12(15)2/h4-9H,10H2,1-3H3,(H,21,23). The van der Waals surface area contributed by atoms with Crippen LogP contribution in [-0.4, -0.2) is 15.3 Å². The number of amides is 1. The number of halogens is 1. The molecule has 0 bridgehead atoms. The van der Waals surface area contributed by atoms with Crippen molar-refractivity contribution < 1.29 is 4.79 Å². The summed E-state index contributed by atoms with van der Waals surface area (Å²) in [6.07, 6.45) is 2.27. The molecule has 1 aromatic carbocycles. The fourth-order valence-corrected chi connectivity index (χ4v) is 3.34.